The SMILES string of the molecule is CC(C)(C)OC(=O)CCOc1ccc(CCBr)cc1. The number of benzene rings is 1. The standard InChI is InChI=1S/C15H21BrO3/c1-15(2,3)19-14(17)9-11-18-13-6-4-12(5-7-13)8-10-16/h4-7H,8-11H2,1-3H3. The number of alkyl halides is 1. The molecule has 0 aliphatic heterocycles. The molecule has 1 rings (SSSR count). The Morgan fingerprint density at radius 1 is 1.21 bits per heavy atom. The van der Waals surface area contributed by atoms with E-state index in [9.17, 15) is 4.79 Å². The summed E-state index contributed by atoms with van der Waals surface area (Å²) in [6.45, 7) is 5.91. The molecule has 1 aromatic carbocycles. The summed E-state index contributed by atoms with van der Waals surface area (Å²) in [5.41, 5.74) is 0.824. The zero-order valence-electron chi connectivity index (χ0n) is 11.7. The fourth-order valence-electron chi connectivity index (χ4n) is 1.51. The summed E-state index contributed by atoms with van der Waals surface area (Å²) in [5.74, 6) is 0.547. The Morgan fingerprint density at radius 3 is 2.37 bits per heavy atom. The van der Waals surface area contributed by atoms with Gasteiger partial charge in [-0.15, -0.1) is 0 Å². The average Bonchev–Trinajstić information content (AvgIpc) is 2.29. The third kappa shape index (κ3) is 7.21. The van der Waals surface area contributed by atoms with Gasteiger partial charge < -0.3 is 9.47 Å². The van der Waals surface area contributed by atoms with Gasteiger partial charge >= 0.3 is 5.97 Å². The van der Waals surface area contributed by atoms with Crippen LogP contribution in [0.15, 0.2) is 24.3 Å². The molecule has 0 amide bonds. The molecule has 106 valence electrons. The lowest BCUT2D eigenvalue weighted by Crippen LogP contribution is -2.24. The first-order chi connectivity index (χ1) is 8.90. The molecule has 0 radical (unpaired) electrons. The monoisotopic (exact) mass is 328 g/mol. The second-order valence-corrected chi connectivity index (χ2v) is 6.06. The zero-order valence-corrected chi connectivity index (χ0v) is 13.3. The van der Waals surface area contributed by atoms with Gasteiger partial charge in [0, 0.05) is 5.33 Å². The van der Waals surface area contributed by atoms with Crippen molar-refractivity contribution < 1.29 is 14.3 Å². The summed E-state index contributed by atoms with van der Waals surface area (Å²) in [4.78, 5) is 11.5. The van der Waals surface area contributed by atoms with Gasteiger partial charge in [-0.25, -0.2) is 0 Å². The Balaban J connectivity index is 2.31. The molecule has 0 fully saturated rings. The number of aryl methyl sites for hydroxylation is 1. The Kier molecular flexibility index (Phi) is 6.35. The van der Waals surface area contributed by atoms with Crippen molar-refractivity contribution in [2.45, 2.75) is 39.2 Å². The van der Waals surface area contributed by atoms with Gasteiger partial charge in [0.05, 0.1) is 13.0 Å². The molecule has 0 saturated heterocycles. The topological polar surface area (TPSA) is 35.5 Å². The number of carbonyl (C=O) groups is 1. The molecule has 19 heavy (non-hydrogen) atoms. The van der Waals surface area contributed by atoms with Crippen LogP contribution in [0, 0.1) is 0 Å². The molecule has 0 aliphatic carbocycles. The molecule has 0 bridgehead atoms. The van der Waals surface area contributed by atoms with Crippen LogP contribution < -0.4 is 4.74 Å². The molecular weight excluding hydrogens is 308 g/mol. The van der Waals surface area contributed by atoms with Crippen LogP contribution in [0.4, 0.5) is 0 Å². The fraction of sp³-hybridized carbons (Fsp3) is 0.533. The minimum absolute atomic E-state index is 0.233. The molecule has 0 N–H and O–H groups in total. The quantitative estimate of drug-likeness (QED) is 0.589. The van der Waals surface area contributed by atoms with Crippen LogP contribution in [-0.2, 0) is 16.0 Å². The third-order valence-corrected chi connectivity index (χ3v) is 2.70. The highest BCUT2D eigenvalue weighted by molar-refractivity contribution is 9.09. The Bertz CT molecular complexity index is 393. The minimum Gasteiger partial charge on any atom is -0.493 e. The van der Waals surface area contributed by atoms with Gasteiger partial charge in [0.2, 0.25) is 0 Å². The maximum atomic E-state index is 11.5. The first-order valence-corrected chi connectivity index (χ1v) is 7.52. The lowest BCUT2D eigenvalue weighted by atomic mass is 10.2. The molecule has 0 unspecified atom stereocenters. The van der Waals surface area contributed by atoms with Crippen molar-refractivity contribution in [3.05, 3.63) is 29.8 Å². The second kappa shape index (κ2) is 7.53. The largest absolute Gasteiger partial charge is 0.493 e. The number of carbonyl (C=O) groups excluding carboxylic acids is 1. The van der Waals surface area contributed by atoms with E-state index < -0.39 is 5.60 Å². The van der Waals surface area contributed by atoms with Crippen molar-refractivity contribution >= 4 is 21.9 Å². The predicted molar refractivity (Wildman–Crippen MR) is 79.9 cm³/mol. The van der Waals surface area contributed by atoms with Crippen molar-refractivity contribution in [1.29, 1.82) is 0 Å². The highest BCUT2D eigenvalue weighted by Gasteiger charge is 2.15. The highest BCUT2D eigenvalue weighted by atomic mass is 79.9. The van der Waals surface area contributed by atoms with Crippen LogP contribution in [0.3, 0.4) is 0 Å². The molecular formula is C15H21BrO3. The normalized spacial score (nSPS) is 11.2. The van der Waals surface area contributed by atoms with Crippen molar-refractivity contribution in [3.8, 4) is 5.75 Å². The summed E-state index contributed by atoms with van der Waals surface area (Å²) in [6, 6.07) is 7.91. The second-order valence-electron chi connectivity index (χ2n) is 5.27. The summed E-state index contributed by atoms with van der Waals surface area (Å²) < 4.78 is 10.7. The van der Waals surface area contributed by atoms with E-state index in [1.54, 1.807) is 0 Å². The van der Waals surface area contributed by atoms with Crippen LogP contribution in [0.5, 0.6) is 5.75 Å². The average molecular weight is 329 g/mol. The molecule has 0 spiro atoms. The number of hydrogen-bond acceptors (Lipinski definition) is 3. The fourth-order valence-corrected chi connectivity index (χ4v) is 1.96. The number of halogens is 1. The van der Waals surface area contributed by atoms with Crippen LogP contribution in [0.25, 0.3) is 0 Å². The number of hydrogen-bond donors (Lipinski definition) is 0. The van der Waals surface area contributed by atoms with Gasteiger partial charge in [-0.3, -0.25) is 4.79 Å². The van der Waals surface area contributed by atoms with Crippen LogP contribution >= 0.6 is 15.9 Å². The van der Waals surface area contributed by atoms with E-state index in [0.717, 1.165) is 17.5 Å². The Hall–Kier alpha value is -1.03. The molecule has 0 atom stereocenters. The molecule has 1 aromatic rings. The molecule has 0 saturated carbocycles. The number of rotatable bonds is 6. The Labute approximate surface area is 123 Å². The maximum absolute atomic E-state index is 11.5. The van der Waals surface area contributed by atoms with Gasteiger partial charge in [0.25, 0.3) is 0 Å². The summed E-state index contributed by atoms with van der Waals surface area (Å²) in [6.07, 6.45) is 1.26. The first kappa shape index (κ1) is 16.0. The van der Waals surface area contributed by atoms with E-state index in [2.05, 4.69) is 15.9 Å². The molecule has 0 aliphatic rings. The Morgan fingerprint density at radius 2 is 1.84 bits per heavy atom. The van der Waals surface area contributed by atoms with Crippen molar-refractivity contribution in [3.63, 3.8) is 0 Å². The van der Waals surface area contributed by atoms with E-state index in [4.69, 9.17) is 9.47 Å². The summed E-state index contributed by atoms with van der Waals surface area (Å²) in [7, 11) is 0. The van der Waals surface area contributed by atoms with E-state index in [0.29, 0.717) is 6.61 Å². The van der Waals surface area contributed by atoms with Gasteiger partial charge in [-0.05, 0) is 44.9 Å². The minimum atomic E-state index is -0.436. The smallest absolute Gasteiger partial charge is 0.309 e. The van der Waals surface area contributed by atoms with Gasteiger partial charge in [0.15, 0.2) is 0 Å². The summed E-state index contributed by atoms with van der Waals surface area (Å²) in [5, 5.41) is 0.950. The lowest BCUT2D eigenvalue weighted by Gasteiger charge is -2.19. The van der Waals surface area contributed by atoms with E-state index in [1.165, 1.54) is 5.56 Å². The highest BCUT2D eigenvalue weighted by Crippen LogP contribution is 2.14. The van der Waals surface area contributed by atoms with Crippen LogP contribution in [0.2, 0.25) is 0 Å². The van der Waals surface area contributed by atoms with Crippen LogP contribution in [-0.4, -0.2) is 23.5 Å². The van der Waals surface area contributed by atoms with Crippen molar-refractivity contribution in [2.24, 2.45) is 0 Å². The van der Waals surface area contributed by atoms with Crippen molar-refractivity contribution in [2.75, 3.05) is 11.9 Å². The number of esters is 1. The molecule has 0 heterocycles. The number of ether oxygens (including phenoxy) is 2. The van der Waals surface area contributed by atoms with Gasteiger partial charge in [-0.1, -0.05) is 28.1 Å². The molecule has 0 aromatic heterocycles. The van der Waals surface area contributed by atoms with E-state index in [1.807, 2.05) is 45.0 Å². The maximum Gasteiger partial charge on any atom is 0.309 e. The van der Waals surface area contributed by atoms with Gasteiger partial charge in [-0.2, -0.15) is 0 Å². The lowest BCUT2D eigenvalue weighted by molar-refractivity contribution is -0.155. The third-order valence-electron chi connectivity index (χ3n) is 2.30. The van der Waals surface area contributed by atoms with E-state index in [-0.39, 0.29) is 12.4 Å². The predicted octanol–water partition coefficient (Wildman–Crippen LogP) is 3.73. The van der Waals surface area contributed by atoms with E-state index >= 15 is 0 Å². The van der Waals surface area contributed by atoms with Gasteiger partial charge in [0.1, 0.15) is 11.4 Å². The first-order valence-electron chi connectivity index (χ1n) is 6.40. The van der Waals surface area contributed by atoms with Crippen molar-refractivity contribution in [1.82, 2.24) is 0 Å². The van der Waals surface area contributed by atoms with Crippen LogP contribution in [0.1, 0.15) is 32.8 Å². The summed E-state index contributed by atoms with van der Waals surface area (Å²) >= 11 is 3.40. The zero-order chi connectivity index (χ0) is 14.3. The molecule has 4 heteroatoms. The molecule has 3 nitrogen and oxygen atoms in total.